The van der Waals surface area contributed by atoms with Gasteiger partial charge in [0, 0.05) is 15.6 Å². The molecular weight excluding hydrogens is 336 g/mol. The Bertz CT molecular complexity index is 797. The number of carboxylic acids is 1. The summed E-state index contributed by atoms with van der Waals surface area (Å²) in [5.74, 6) is -0.251. The molecule has 0 aliphatic carbocycles. The van der Waals surface area contributed by atoms with Gasteiger partial charge in [0.1, 0.15) is 0 Å². The topological polar surface area (TPSA) is 76.2 Å². The lowest BCUT2D eigenvalue weighted by atomic mass is 10.1. The summed E-state index contributed by atoms with van der Waals surface area (Å²) in [6.45, 7) is 0. The minimum Gasteiger partial charge on any atom is -0.478 e. The highest BCUT2D eigenvalue weighted by molar-refractivity contribution is 9.10. The molecule has 3 rings (SSSR count). The smallest absolute Gasteiger partial charge is 0.335 e. The maximum atomic E-state index is 11.0. The fraction of sp³-hybridized carbons (Fsp3) is 0. The second-order valence-electron chi connectivity index (χ2n) is 4.32. The van der Waals surface area contributed by atoms with E-state index in [-0.39, 0.29) is 11.5 Å². The Morgan fingerprint density at radius 1 is 1.10 bits per heavy atom. The monoisotopic (exact) mass is 344 g/mol. The molecule has 6 heteroatoms. The van der Waals surface area contributed by atoms with Crippen molar-refractivity contribution in [2.24, 2.45) is 0 Å². The normalized spacial score (nSPS) is 10.5. The Labute approximate surface area is 128 Å². The first kappa shape index (κ1) is 13.5. The molecule has 1 heterocycles. The lowest BCUT2D eigenvalue weighted by Crippen LogP contribution is -1.95. The second kappa shape index (κ2) is 5.49. The lowest BCUT2D eigenvalue weighted by Gasteiger charge is -1.96. The van der Waals surface area contributed by atoms with Gasteiger partial charge in [-0.1, -0.05) is 27.2 Å². The van der Waals surface area contributed by atoms with Gasteiger partial charge in [-0.3, -0.25) is 0 Å². The van der Waals surface area contributed by atoms with E-state index in [1.165, 1.54) is 12.1 Å². The predicted octanol–water partition coefficient (Wildman–Crippen LogP) is 3.86. The molecule has 0 radical (unpaired) electrons. The highest BCUT2D eigenvalue weighted by Crippen LogP contribution is 2.24. The van der Waals surface area contributed by atoms with Crippen molar-refractivity contribution >= 4 is 21.9 Å². The van der Waals surface area contributed by atoms with Crippen LogP contribution in [0.2, 0.25) is 0 Å². The molecule has 1 N–H and O–H groups in total. The van der Waals surface area contributed by atoms with Gasteiger partial charge in [0.25, 0.3) is 5.89 Å². The molecule has 0 aliphatic heterocycles. The molecule has 1 aromatic heterocycles. The maximum Gasteiger partial charge on any atom is 0.335 e. The van der Waals surface area contributed by atoms with Crippen LogP contribution in [0.15, 0.2) is 57.5 Å². The maximum absolute atomic E-state index is 11.0. The van der Waals surface area contributed by atoms with Crippen LogP contribution in [-0.4, -0.2) is 21.2 Å². The Balaban J connectivity index is 1.96. The number of benzene rings is 2. The van der Waals surface area contributed by atoms with Crippen LogP contribution in [0.25, 0.3) is 22.8 Å². The number of nitrogens with zero attached hydrogens (tertiary/aromatic N) is 2. The summed E-state index contributed by atoms with van der Waals surface area (Å²) in [4.78, 5) is 15.3. The van der Waals surface area contributed by atoms with Crippen molar-refractivity contribution in [2.45, 2.75) is 0 Å². The van der Waals surface area contributed by atoms with Crippen LogP contribution >= 0.6 is 15.9 Å². The minimum atomic E-state index is -0.996. The average Bonchev–Trinajstić information content (AvgIpc) is 2.98. The van der Waals surface area contributed by atoms with Crippen LogP contribution in [0, 0.1) is 0 Å². The van der Waals surface area contributed by atoms with Gasteiger partial charge in [0.15, 0.2) is 0 Å². The van der Waals surface area contributed by atoms with Crippen molar-refractivity contribution in [1.29, 1.82) is 0 Å². The zero-order chi connectivity index (χ0) is 14.8. The van der Waals surface area contributed by atoms with Gasteiger partial charge < -0.3 is 9.63 Å². The van der Waals surface area contributed by atoms with Crippen LogP contribution in [0.1, 0.15) is 10.4 Å². The van der Waals surface area contributed by atoms with E-state index in [1.54, 1.807) is 12.1 Å². The van der Waals surface area contributed by atoms with Gasteiger partial charge in [0.2, 0.25) is 5.82 Å². The van der Waals surface area contributed by atoms with E-state index in [0.29, 0.717) is 11.4 Å². The molecule has 5 nitrogen and oxygen atoms in total. The van der Waals surface area contributed by atoms with Crippen LogP contribution in [0.5, 0.6) is 0 Å². The Kier molecular flexibility index (Phi) is 3.53. The number of hydrogen-bond acceptors (Lipinski definition) is 4. The molecule has 2 aromatic carbocycles. The standard InChI is InChI=1S/C15H9BrN2O3/c16-12-6-4-9(5-7-12)13-17-14(21-18-13)10-2-1-3-11(8-10)15(19)20/h1-8H,(H,19,20). The van der Waals surface area contributed by atoms with E-state index < -0.39 is 5.97 Å². The van der Waals surface area contributed by atoms with Crippen molar-refractivity contribution in [3.05, 3.63) is 58.6 Å². The molecule has 0 saturated heterocycles. The number of aromatic nitrogens is 2. The number of hydrogen-bond donors (Lipinski definition) is 1. The summed E-state index contributed by atoms with van der Waals surface area (Å²) in [5, 5.41) is 12.9. The van der Waals surface area contributed by atoms with Crippen molar-refractivity contribution < 1.29 is 14.4 Å². The molecule has 0 saturated carbocycles. The van der Waals surface area contributed by atoms with Gasteiger partial charge in [-0.25, -0.2) is 4.79 Å². The summed E-state index contributed by atoms with van der Waals surface area (Å²) in [6, 6.07) is 13.9. The molecule has 104 valence electrons. The number of carboxylic acid groups (broad SMARTS) is 1. The van der Waals surface area contributed by atoms with Crippen molar-refractivity contribution in [3.8, 4) is 22.8 Å². The zero-order valence-corrected chi connectivity index (χ0v) is 12.2. The van der Waals surface area contributed by atoms with E-state index in [1.807, 2.05) is 24.3 Å². The molecule has 3 aromatic rings. The molecule has 0 spiro atoms. The molecule has 0 fully saturated rings. The first-order valence-corrected chi connectivity index (χ1v) is 6.86. The summed E-state index contributed by atoms with van der Waals surface area (Å²) >= 11 is 3.36. The number of aromatic carboxylic acids is 1. The van der Waals surface area contributed by atoms with Gasteiger partial charge in [0.05, 0.1) is 5.56 Å². The molecular formula is C15H9BrN2O3. The fourth-order valence-corrected chi connectivity index (χ4v) is 2.11. The van der Waals surface area contributed by atoms with E-state index in [4.69, 9.17) is 9.63 Å². The molecule has 0 atom stereocenters. The van der Waals surface area contributed by atoms with Crippen molar-refractivity contribution in [1.82, 2.24) is 10.1 Å². The molecule has 0 aliphatic rings. The van der Waals surface area contributed by atoms with E-state index >= 15 is 0 Å². The van der Waals surface area contributed by atoms with Crippen molar-refractivity contribution in [3.63, 3.8) is 0 Å². The molecule has 0 unspecified atom stereocenters. The third kappa shape index (κ3) is 2.85. The largest absolute Gasteiger partial charge is 0.478 e. The zero-order valence-electron chi connectivity index (χ0n) is 10.7. The van der Waals surface area contributed by atoms with Gasteiger partial charge in [-0.15, -0.1) is 0 Å². The minimum absolute atomic E-state index is 0.177. The molecule has 0 bridgehead atoms. The summed E-state index contributed by atoms with van der Waals surface area (Å²) < 4.78 is 6.17. The first-order chi connectivity index (χ1) is 10.1. The van der Waals surface area contributed by atoms with Crippen molar-refractivity contribution in [2.75, 3.05) is 0 Å². The first-order valence-electron chi connectivity index (χ1n) is 6.07. The molecule has 21 heavy (non-hydrogen) atoms. The number of rotatable bonds is 3. The number of carbonyl (C=O) groups is 1. The van der Waals surface area contributed by atoms with E-state index in [9.17, 15) is 4.79 Å². The quantitative estimate of drug-likeness (QED) is 0.780. The van der Waals surface area contributed by atoms with Gasteiger partial charge in [-0.2, -0.15) is 4.98 Å². The SMILES string of the molecule is O=C(O)c1cccc(-c2nc(-c3ccc(Br)cc3)no2)c1. The van der Waals surface area contributed by atoms with E-state index in [2.05, 4.69) is 26.1 Å². The highest BCUT2D eigenvalue weighted by atomic mass is 79.9. The average molecular weight is 345 g/mol. The lowest BCUT2D eigenvalue weighted by molar-refractivity contribution is 0.0697. The van der Waals surface area contributed by atoms with E-state index in [0.717, 1.165) is 10.0 Å². The van der Waals surface area contributed by atoms with Crippen LogP contribution in [-0.2, 0) is 0 Å². The highest BCUT2D eigenvalue weighted by Gasteiger charge is 2.12. The third-order valence-electron chi connectivity index (χ3n) is 2.88. The second-order valence-corrected chi connectivity index (χ2v) is 5.23. The van der Waals surface area contributed by atoms with Crippen LogP contribution in [0.3, 0.4) is 0 Å². The van der Waals surface area contributed by atoms with Crippen LogP contribution < -0.4 is 0 Å². The Hall–Kier alpha value is -2.47. The Morgan fingerprint density at radius 3 is 2.57 bits per heavy atom. The third-order valence-corrected chi connectivity index (χ3v) is 3.41. The van der Waals surface area contributed by atoms with Crippen LogP contribution in [0.4, 0.5) is 0 Å². The summed E-state index contributed by atoms with van der Waals surface area (Å²) in [6.07, 6.45) is 0. The number of halogens is 1. The summed E-state index contributed by atoms with van der Waals surface area (Å²) in [5.41, 5.74) is 1.57. The fourth-order valence-electron chi connectivity index (χ4n) is 1.84. The van der Waals surface area contributed by atoms with Gasteiger partial charge in [-0.05, 0) is 42.5 Å². The summed E-state index contributed by atoms with van der Waals surface area (Å²) in [7, 11) is 0. The Morgan fingerprint density at radius 2 is 1.86 bits per heavy atom. The predicted molar refractivity (Wildman–Crippen MR) is 79.8 cm³/mol. The van der Waals surface area contributed by atoms with Gasteiger partial charge >= 0.3 is 5.97 Å². The molecule has 0 amide bonds.